The lowest BCUT2D eigenvalue weighted by atomic mass is 10.1. The third kappa shape index (κ3) is 5.06. The van der Waals surface area contributed by atoms with Crippen LogP contribution in [0.1, 0.15) is 12.0 Å². The van der Waals surface area contributed by atoms with Crippen LogP contribution in [-0.4, -0.2) is 20.9 Å². The number of fused-ring (bicyclic) bond motifs is 1. The molecule has 140 valence electrons. The predicted octanol–water partition coefficient (Wildman–Crippen LogP) is 4.06. The Morgan fingerprint density at radius 2 is 1.74 bits per heavy atom. The Morgan fingerprint density at radius 1 is 1.00 bits per heavy atom. The fourth-order valence-electron chi connectivity index (χ4n) is 2.70. The summed E-state index contributed by atoms with van der Waals surface area (Å²) in [5, 5.41) is 4.64. The van der Waals surface area contributed by atoms with E-state index in [-0.39, 0.29) is 23.8 Å². The molecule has 1 amide bonds. The molecule has 27 heavy (non-hydrogen) atoms. The van der Waals surface area contributed by atoms with Crippen LogP contribution in [0.25, 0.3) is 10.8 Å². The number of carbonyl (C=O) groups is 1. The highest BCUT2D eigenvalue weighted by Gasteiger charge is 2.15. The van der Waals surface area contributed by atoms with E-state index >= 15 is 0 Å². The minimum Gasteiger partial charge on any atom is -0.326 e. The molecule has 3 aromatic carbocycles. The van der Waals surface area contributed by atoms with Crippen LogP contribution in [-0.2, 0) is 14.8 Å². The monoisotopic (exact) mass is 494 g/mol. The number of hydrogen-bond donors (Lipinski definition) is 2. The Bertz CT molecular complexity index is 1100. The lowest BCUT2D eigenvalue weighted by Gasteiger charge is -2.10. The van der Waals surface area contributed by atoms with E-state index in [2.05, 4.69) is 32.6 Å². The van der Waals surface area contributed by atoms with Gasteiger partial charge in [0.15, 0.2) is 0 Å². The van der Waals surface area contributed by atoms with Gasteiger partial charge in [0.2, 0.25) is 15.9 Å². The van der Waals surface area contributed by atoms with Crippen molar-refractivity contribution in [2.45, 2.75) is 18.2 Å². The number of benzene rings is 3. The van der Waals surface area contributed by atoms with E-state index in [0.717, 1.165) is 25.6 Å². The highest BCUT2D eigenvalue weighted by atomic mass is 127. The molecule has 0 saturated heterocycles. The molecule has 0 spiro atoms. The van der Waals surface area contributed by atoms with E-state index in [1.165, 1.54) is 0 Å². The lowest BCUT2D eigenvalue weighted by Crippen LogP contribution is -2.28. The Kier molecular flexibility index (Phi) is 6.13. The quantitative estimate of drug-likeness (QED) is 0.508. The summed E-state index contributed by atoms with van der Waals surface area (Å²) in [4.78, 5) is 12.3. The van der Waals surface area contributed by atoms with Crippen molar-refractivity contribution in [3.05, 3.63) is 69.8 Å². The second kappa shape index (κ2) is 8.37. The predicted molar refractivity (Wildman–Crippen MR) is 116 cm³/mol. The fraction of sp³-hybridized carbons (Fsp3) is 0.150. The van der Waals surface area contributed by atoms with Gasteiger partial charge in [-0.3, -0.25) is 4.79 Å². The first-order valence-corrected chi connectivity index (χ1v) is 11.0. The van der Waals surface area contributed by atoms with Crippen LogP contribution in [0.5, 0.6) is 0 Å². The van der Waals surface area contributed by atoms with Gasteiger partial charge in [0.05, 0.1) is 4.90 Å². The summed E-state index contributed by atoms with van der Waals surface area (Å²) in [5.74, 6) is -0.236. The van der Waals surface area contributed by atoms with Gasteiger partial charge in [-0.15, -0.1) is 0 Å². The molecule has 0 heterocycles. The van der Waals surface area contributed by atoms with Gasteiger partial charge >= 0.3 is 0 Å². The van der Waals surface area contributed by atoms with Gasteiger partial charge in [-0.25, -0.2) is 13.1 Å². The SMILES string of the molecule is Cc1cc(I)ccc1NC(=O)CCNS(=O)(=O)c1ccc2ccccc2c1. The Morgan fingerprint density at radius 3 is 2.48 bits per heavy atom. The number of anilines is 1. The molecule has 5 nitrogen and oxygen atoms in total. The zero-order valence-corrected chi connectivity index (χ0v) is 17.7. The Hall–Kier alpha value is -1.97. The molecule has 0 aliphatic carbocycles. The smallest absolute Gasteiger partial charge is 0.240 e. The molecule has 2 N–H and O–H groups in total. The Balaban J connectivity index is 1.60. The van der Waals surface area contributed by atoms with Crippen LogP contribution >= 0.6 is 22.6 Å². The fourth-order valence-corrected chi connectivity index (χ4v) is 4.41. The Labute approximate surface area is 172 Å². The minimum atomic E-state index is -3.67. The zero-order valence-electron chi connectivity index (χ0n) is 14.7. The van der Waals surface area contributed by atoms with Crippen molar-refractivity contribution in [3.8, 4) is 0 Å². The van der Waals surface area contributed by atoms with E-state index in [0.29, 0.717) is 0 Å². The van der Waals surface area contributed by atoms with Gasteiger partial charge in [-0.05, 0) is 76.2 Å². The molecule has 0 bridgehead atoms. The summed E-state index contributed by atoms with van der Waals surface area (Å²) in [6, 6.07) is 18.3. The molecule has 0 radical (unpaired) electrons. The number of amides is 1. The number of nitrogens with one attached hydrogen (secondary N) is 2. The number of halogens is 1. The zero-order chi connectivity index (χ0) is 19.4. The molecule has 0 unspecified atom stereocenters. The minimum absolute atomic E-state index is 0.0322. The molecule has 3 aromatic rings. The molecule has 7 heteroatoms. The number of carbonyl (C=O) groups excluding carboxylic acids is 1. The van der Waals surface area contributed by atoms with Crippen LogP contribution in [0, 0.1) is 10.5 Å². The summed E-state index contributed by atoms with van der Waals surface area (Å²) in [6.45, 7) is 1.95. The summed E-state index contributed by atoms with van der Waals surface area (Å²) >= 11 is 2.21. The normalized spacial score (nSPS) is 11.5. The third-order valence-corrected chi connectivity index (χ3v) is 6.27. The second-order valence-corrected chi connectivity index (χ2v) is 9.18. The van der Waals surface area contributed by atoms with Crippen LogP contribution in [0.2, 0.25) is 0 Å². The maximum Gasteiger partial charge on any atom is 0.240 e. The maximum absolute atomic E-state index is 12.5. The number of rotatable bonds is 6. The number of sulfonamides is 1. The topological polar surface area (TPSA) is 75.3 Å². The first-order valence-electron chi connectivity index (χ1n) is 8.40. The number of hydrogen-bond acceptors (Lipinski definition) is 3. The van der Waals surface area contributed by atoms with Crippen molar-refractivity contribution < 1.29 is 13.2 Å². The standard InChI is InChI=1S/C20H19IN2O3S/c1-14-12-17(21)7-9-19(14)23-20(24)10-11-22-27(25,26)18-8-6-15-4-2-3-5-16(15)13-18/h2-9,12-13,22H,10-11H2,1H3,(H,23,24). The molecule has 0 atom stereocenters. The van der Waals surface area contributed by atoms with Gasteiger partial charge in [0.25, 0.3) is 0 Å². The molecular weight excluding hydrogens is 475 g/mol. The molecule has 0 saturated carbocycles. The van der Waals surface area contributed by atoms with E-state index < -0.39 is 10.0 Å². The molecule has 0 aliphatic rings. The van der Waals surface area contributed by atoms with Gasteiger partial charge in [0.1, 0.15) is 0 Å². The van der Waals surface area contributed by atoms with Crippen LogP contribution in [0.4, 0.5) is 5.69 Å². The highest BCUT2D eigenvalue weighted by Crippen LogP contribution is 2.19. The molecule has 3 rings (SSSR count). The van der Waals surface area contributed by atoms with Crippen molar-refractivity contribution >= 4 is 55.0 Å². The molecule has 0 aromatic heterocycles. The van der Waals surface area contributed by atoms with Gasteiger partial charge in [-0.1, -0.05) is 30.3 Å². The average molecular weight is 494 g/mol. The first kappa shape index (κ1) is 19.8. The summed E-state index contributed by atoms with van der Waals surface area (Å²) in [6.07, 6.45) is 0.0538. The maximum atomic E-state index is 12.5. The largest absolute Gasteiger partial charge is 0.326 e. The average Bonchev–Trinajstić information content (AvgIpc) is 2.63. The van der Waals surface area contributed by atoms with Gasteiger partial charge < -0.3 is 5.32 Å². The summed E-state index contributed by atoms with van der Waals surface area (Å²) in [5.41, 5.74) is 1.70. The highest BCUT2D eigenvalue weighted by molar-refractivity contribution is 14.1. The van der Waals surface area contributed by atoms with Gasteiger partial charge in [0, 0.05) is 22.2 Å². The van der Waals surface area contributed by atoms with Crippen molar-refractivity contribution in [2.24, 2.45) is 0 Å². The summed E-state index contributed by atoms with van der Waals surface area (Å²) in [7, 11) is -3.67. The van der Waals surface area contributed by atoms with Gasteiger partial charge in [-0.2, -0.15) is 0 Å². The molecule has 0 fully saturated rings. The van der Waals surface area contributed by atoms with Crippen LogP contribution < -0.4 is 10.0 Å². The van der Waals surface area contributed by atoms with E-state index in [9.17, 15) is 13.2 Å². The summed E-state index contributed by atoms with van der Waals surface area (Å²) < 4.78 is 28.5. The van der Waals surface area contributed by atoms with E-state index in [1.807, 2.05) is 49.4 Å². The second-order valence-electron chi connectivity index (χ2n) is 6.16. The third-order valence-electron chi connectivity index (χ3n) is 4.14. The first-order chi connectivity index (χ1) is 12.8. The van der Waals surface area contributed by atoms with Crippen molar-refractivity contribution in [1.82, 2.24) is 4.72 Å². The van der Waals surface area contributed by atoms with E-state index in [1.54, 1.807) is 18.2 Å². The van der Waals surface area contributed by atoms with Crippen molar-refractivity contribution in [2.75, 3.05) is 11.9 Å². The molecular formula is C20H19IN2O3S. The number of aryl methyl sites for hydroxylation is 1. The lowest BCUT2D eigenvalue weighted by molar-refractivity contribution is -0.116. The van der Waals surface area contributed by atoms with Crippen LogP contribution in [0.3, 0.4) is 0 Å². The molecule has 0 aliphatic heterocycles. The van der Waals surface area contributed by atoms with Crippen molar-refractivity contribution in [3.63, 3.8) is 0 Å². The van der Waals surface area contributed by atoms with Crippen molar-refractivity contribution in [1.29, 1.82) is 0 Å². The van der Waals surface area contributed by atoms with Crippen LogP contribution in [0.15, 0.2) is 65.6 Å². The van der Waals surface area contributed by atoms with E-state index in [4.69, 9.17) is 0 Å².